The zero-order chi connectivity index (χ0) is 14.0. The second kappa shape index (κ2) is 5.36. The fourth-order valence-electron chi connectivity index (χ4n) is 2.36. The van der Waals surface area contributed by atoms with Gasteiger partial charge in [-0.15, -0.1) is 0 Å². The number of nitrogens with zero attached hydrogens (tertiary/aromatic N) is 2. The van der Waals surface area contributed by atoms with Gasteiger partial charge in [-0.1, -0.05) is 6.92 Å². The SMILES string of the molecule is C[C@H]1C(C=C=O)[C@@H](CO)O[C@H]1n1ccc(N)nc1=O. The minimum atomic E-state index is -0.590. The summed E-state index contributed by atoms with van der Waals surface area (Å²) in [6.07, 6.45) is 1.69. The summed E-state index contributed by atoms with van der Waals surface area (Å²) in [4.78, 5) is 25.9. The standard InChI is InChI=1S/C12H15N3O4/c1-7-8(3-5-16)9(6-17)19-11(7)15-4-2-10(13)14-12(15)18/h2-4,7-9,11,17H,6H2,1H3,(H2,13,14,18)/t7-,8?,9+,11+/m0/s1. The normalized spacial score (nSPS) is 30.0. The molecule has 0 aliphatic carbocycles. The maximum absolute atomic E-state index is 11.8. The quantitative estimate of drug-likeness (QED) is 0.703. The van der Waals surface area contributed by atoms with Crippen LogP contribution in [0, 0.1) is 11.8 Å². The molecular weight excluding hydrogens is 250 g/mol. The van der Waals surface area contributed by atoms with E-state index in [1.807, 2.05) is 6.92 Å². The highest BCUT2D eigenvalue weighted by atomic mass is 16.5. The van der Waals surface area contributed by atoms with E-state index in [1.54, 1.807) is 5.94 Å². The third kappa shape index (κ3) is 2.44. The first kappa shape index (κ1) is 13.5. The predicted octanol–water partition coefficient (Wildman–Crippen LogP) is -0.645. The molecule has 0 bridgehead atoms. The number of aromatic nitrogens is 2. The van der Waals surface area contributed by atoms with E-state index in [1.165, 1.54) is 22.9 Å². The van der Waals surface area contributed by atoms with Gasteiger partial charge >= 0.3 is 5.69 Å². The molecule has 0 spiro atoms. The largest absolute Gasteiger partial charge is 0.394 e. The van der Waals surface area contributed by atoms with E-state index in [2.05, 4.69) is 4.98 Å². The molecule has 0 aromatic carbocycles. The number of anilines is 1. The molecule has 1 aromatic rings. The van der Waals surface area contributed by atoms with Gasteiger partial charge in [0.05, 0.1) is 12.7 Å². The van der Waals surface area contributed by atoms with Crippen LogP contribution in [0.4, 0.5) is 5.82 Å². The Morgan fingerprint density at radius 3 is 3.00 bits per heavy atom. The van der Waals surface area contributed by atoms with E-state index in [0.29, 0.717) is 0 Å². The molecule has 2 heterocycles. The molecule has 19 heavy (non-hydrogen) atoms. The van der Waals surface area contributed by atoms with Gasteiger partial charge in [-0.05, 0) is 6.07 Å². The number of aliphatic hydroxyl groups is 1. The summed E-state index contributed by atoms with van der Waals surface area (Å²) in [7, 11) is 0. The van der Waals surface area contributed by atoms with Gasteiger partial charge < -0.3 is 15.6 Å². The number of hydrogen-bond donors (Lipinski definition) is 2. The van der Waals surface area contributed by atoms with Gasteiger partial charge in [0.1, 0.15) is 18.0 Å². The molecular formula is C12H15N3O4. The number of nitrogen functional groups attached to an aromatic ring is 1. The molecule has 1 aliphatic rings. The topological polar surface area (TPSA) is 107 Å². The van der Waals surface area contributed by atoms with Crippen molar-refractivity contribution in [3.63, 3.8) is 0 Å². The van der Waals surface area contributed by atoms with Crippen LogP contribution in [0.2, 0.25) is 0 Å². The second-order valence-electron chi connectivity index (χ2n) is 4.51. The van der Waals surface area contributed by atoms with Crippen molar-refractivity contribution in [2.45, 2.75) is 19.3 Å². The maximum Gasteiger partial charge on any atom is 0.351 e. The highest BCUT2D eigenvalue weighted by Gasteiger charge is 2.41. The predicted molar refractivity (Wildman–Crippen MR) is 66.8 cm³/mol. The number of aliphatic hydroxyl groups excluding tert-OH is 1. The molecule has 1 saturated heterocycles. The number of ether oxygens (including phenoxy) is 1. The number of hydrogen-bond acceptors (Lipinski definition) is 6. The molecule has 0 amide bonds. The second-order valence-corrected chi connectivity index (χ2v) is 4.51. The summed E-state index contributed by atoms with van der Waals surface area (Å²) in [6.45, 7) is 1.60. The van der Waals surface area contributed by atoms with Crippen molar-refractivity contribution in [3.8, 4) is 0 Å². The summed E-state index contributed by atoms with van der Waals surface area (Å²) in [5.74, 6) is 1.39. The van der Waals surface area contributed by atoms with E-state index in [0.717, 1.165) is 0 Å². The number of rotatable bonds is 3. The Morgan fingerprint density at radius 1 is 1.68 bits per heavy atom. The Bertz CT molecular complexity index is 564. The summed E-state index contributed by atoms with van der Waals surface area (Å²) >= 11 is 0. The minimum absolute atomic E-state index is 0.134. The lowest BCUT2D eigenvalue weighted by molar-refractivity contribution is -0.0363. The number of nitrogens with two attached hydrogens (primary N) is 1. The highest BCUT2D eigenvalue weighted by Crippen LogP contribution is 2.38. The van der Waals surface area contributed by atoms with Crippen molar-refractivity contribution in [1.82, 2.24) is 9.55 Å². The Kier molecular flexibility index (Phi) is 3.80. The van der Waals surface area contributed by atoms with Crippen LogP contribution in [-0.4, -0.2) is 33.3 Å². The van der Waals surface area contributed by atoms with Crippen LogP contribution in [0.3, 0.4) is 0 Å². The van der Waals surface area contributed by atoms with Crippen molar-refractivity contribution >= 4 is 11.8 Å². The molecule has 0 saturated carbocycles. The summed E-state index contributed by atoms with van der Waals surface area (Å²) in [5, 5.41) is 9.26. The molecule has 0 radical (unpaired) electrons. The molecule has 3 N–H and O–H groups in total. The first-order valence-electron chi connectivity index (χ1n) is 5.90. The lowest BCUT2D eigenvalue weighted by Crippen LogP contribution is -2.29. The van der Waals surface area contributed by atoms with Gasteiger partial charge in [0.25, 0.3) is 0 Å². The third-order valence-corrected chi connectivity index (χ3v) is 3.37. The van der Waals surface area contributed by atoms with Crippen molar-refractivity contribution in [1.29, 1.82) is 0 Å². The molecule has 1 unspecified atom stereocenters. The summed E-state index contributed by atoms with van der Waals surface area (Å²) < 4.78 is 6.92. The maximum atomic E-state index is 11.8. The fraction of sp³-hybridized carbons (Fsp3) is 0.500. The number of carbonyl (C=O) groups excluding carboxylic acids is 1. The van der Waals surface area contributed by atoms with Gasteiger partial charge in [-0.2, -0.15) is 4.98 Å². The van der Waals surface area contributed by atoms with Crippen LogP contribution < -0.4 is 11.4 Å². The van der Waals surface area contributed by atoms with Gasteiger partial charge in [0.15, 0.2) is 0 Å². The monoisotopic (exact) mass is 265 g/mol. The zero-order valence-corrected chi connectivity index (χ0v) is 10.4. The summed E-state index contributed by atoms with van der Waals surface area (Å²) in [5.41, 5.74) is 4.90. The van der Waals surface area contributed by atoms with Gasteiger partial charge in [0.2, 0.25) is 0 Å². The van der Waals surface area contributed by atoms with Crippen LogP contribution in [0.5, 0.6) is 0 Å². The van der Waals surface area contributed by atoms with E-state index in [4.69, 9.17) is 10.5 Å². The molecule has 2 rings (SSSR count). The van der Waals surface area contributed by atoms with Gasteiger partial charge in [0, 0.05) is 24.1 Å². The van der Waals surface area contributed by atoms with Crippen LogP contribution in [0.25, 0.3) is 0 Å². The average Bonchev–Trinajstić information content (AvgIpc) is 2.68. The van der Waals surface area contributed by atoms with Crippen molar-refractivity contribution in [2.24, 2.45) is 11.8 Å². The van der Waals surface area contributed by atoms with E-state index in [9.17, 15) is 14.7 Å². The Morgan fingerprint density at radius 2 is 2.42 bits per heavy atom. The molecule has 4 atom stereocenters. The fourth-order valence-corrected chi connectivity index (χ4v) is 2.36. The third-order valence-electron chi connectivity index (χ3n) is 3.37. The van der Waals surface area contributed by atoms with Crippen LogP contribution >= 0.6 is 0 Å². The Hall–Kier alpha value is -1.95. The molecule has 7 heteroatoms. The zero-order valence-electron chi connectivity index (χ0n) is 10.4. The van der Waals surface area contributed by atoms with Crippen molar-refractivity contribution in [3.05, 3.63) is 28.8 Å². The molecule has 102 valence electrons. The van der Waals surface area contributed by atoms with E-state index in [-0.39, 0.29) is 24.3 Å². The van der Waals surface area contributed by atoms with Crippen LogP contribution in [0.15, 0.2) is 23.1 Å². The summed E-state index contributed by atoms with van der Waals surface area (Å²) in [6, 6.07) is 1.49. The molecule has 1 aromatic heterocycles. The lowest BCUT2D eigenvalue weighted by Gasteiger charge is -2.18. The Balaban J connectivity index is 2.36. The van der Waals surface area contributed by atoms with Gasteiger partial charge in [-0.25, -0.2) is 9.59 Å². The van der Waals surface area contributed by atoms with E-state index < -0.39 is 18.0 Å². The molecule has 1 fully saturated rings. The lowest BCUT2D eigenvalue weighted by atomic mass is 9.91. The van der Waals surface area contributed by atoms with Crippen molar-refractivity contribution in [2.75, 3.05) is 12.3 Å². The van der Waals surface area contributed by atoms with E-state index >= 15 is 0 Å². The van der Waals surface area contributed by atoms with Crippen LogP contribution in [-0.2, 0) is 9.53 Å². The minimum Gasteiger partial charge on any atom is -0.394 e. The average molecular weight is 265 g/mol. The first-order valence-corrected chi connectivity index (χ1v) is 5.90. The molecule has 1 aliphatic heterocycles. The van der Waals surface area contributed by atoms with Crippen LogP contribution in [0.1, 0.15) is 13.2 Å². The van der Waals surface area contributed by atoms with Crippen molar-refractivity contribution < 1.29 is 14.6 Å². The van der Waals surface area contributed by atoms with Gasteiger partial charge in [-0.3, -0.25) is 4.57 Å². The first-order chi connectivity index (χ1) is 9.08. The highest BCUT2D eigenvalue weighted by molar-refractivity contribution is 5.46. The molecule has 7 nitrogen and oxygen atoms in total. The smallest absolute Gasteiger partial charge is 0.351 e. The Labute approximate surface area is 109 Å².